The van der Waals surface area contributed by atoms with Crippen molar-refractivity contribution in [1.82, 2.24) is 5.32 Å². The van der Waals surface area contributed by atoms with Gasteiger partial charge in [0.15, 0.2) is 0 Å². The largest absolute Gasteiger partial charge is 0.392 e. The molecule has 1 aliphatic heterocycles. The molecule has 0 saturated carbocycles. The zero-order chi connectivity index (χ0) is 12.4. The second-order valence-electron chi connectivity index (χ2n) is 4.30. The van der Waals surface area contributed by atoms with Crippen molar-refractivity contribution in [2.45, 2.75) is 25.5 Å². The van der Waals surface area contributed by atoms with Crippen molar-refractivity contribution < 1.29 is 14.3 Å². The fourth-order valence-electron chi connectivity index (χ4n) is 1.87. The molecule has 4 nitrogen and oxygen atoms in total. The molecule has 2 atom stereocenters. The van der Waals surface area contributed by atoms with E-state index in [1.807, 2.05) is 0 Å². The van der Waals surface area contributed by atoms with Crippen LogP contribution in [-0.2, 0) is 4.79 Å². The van der Waals surface area contributed by atoms with E-state index in [1.54, 1.807) is 13.0 Å². The number of hydrogen-bond donors (Lipinski definition) is 3. The van der Waals surface area contributed by atoms with Crippen molar-refractivity contribution in [3.8, 4) is 0 Å². The van der Waals surface area contributed by atoms with Crippen molar-refractivity contribution in [2.24, 2.45) is 0 Å². The summed E-state index contributed by atoms with van der Waals surface area (Å²) in [5, 5.41) is 14.9. The summed E-state index contributed by atoms with van der Waals surface area (Å²) in [7, 11) is 0. The first-order chi connectivity index (χ1) is 8.06. The Labute approximate surface area is 111 Å². The van der Waals surface area contributed by atoms with Crippen LogP contribution in [0.2, 0.25) is 0 Å². The first-order valence-electron chi connectivity index (χ1n) is 5.54. The quantitative estimate of drug-likeness (QED) is 0.760. The molecule has 2 unspecified atom stereocenters. The van der Waals surface area contributed by atoms with Crippen molar-refractivity contribution >= 4 is 24.0 Å². The molecule has 6 heteroatoms. The number of aliphatic hydroxyl groups is 1. The molecule has 3 N–H and O–H groups in total. The molecule has 0 aromatic heterocycles. The molecule has 2 rings (SSSR count). The summed E-state index contributed by atoms with van der Waals surface area (Å²) >= 11 is 0. The number of benzene rings is 1. The van der Waals surface area contributed by atoms with Gasteiger partial charge in [-0.3, -0.25) is 4.79 Å². The van der Waals surface area contributed by atoms with Crippen LogP contribution in [0.5, 0.6) is 0 Å². The van der Waals surface area contributed by atoms with Crippen molar-refractivity contribution in [3.05, 3.63) is 29.6 Å². The third kappa shape index (κ3) is 3.41. The molecule has 1 heterocycles. The van der Waals surface area contributed by atoms with E-state index in [9.17, 15) is 14.3 Å². The topological polar surface area (TPSA) is 61.4 Å². The second-order valence-corrected chi connectivity index (χ2v) is 4.30. The third-order valence-electron chi connectivity index (χ3n) is 2.88. The molecular formula is C12H16ClFN2O2. The van der Waals surface area contributed by atoms with Crippen LogP contribution in [0.4, 0.5) is 10.1 Å². The van der Waals surface area contributed by atoms with E-state index >= 15 is 0 Å². The van der Waals surface area contributed by atoms with Gasteiger partial charge in [-0.05, 0) is 31.0 Å². The Kier molecular flexibility index (Phi) is 5.07. The highest BCUT2D eigenvalue weighted by Crippen LogP contribution is 2.17. The Morgan fingerprint density at radius 1 is 1.56 bits per heavy atom. The fraction of sp³-hybridized carbons (Fsp3) is 0.417. The Morgan fingerprint density at radius 2 is 2.28 bits per heavy atom. The summed E-state index contributed by atoms with van der Waals surface area (Å²) in [6, 6.07) is 3.84. The molecule has 100 valence electrons. The number of β-amino-alcohol motifs (C(OH)–C–C–N with tert-alkyl or cyclic N) is 1. The molecule has 1 amide bonds. The first kappa shape index (κ1) is 14.9. The lowest BCUT2D eigenvalue weighted by atomic mass is 10.1. The Hall–Kier alpha value is -1.17. The number of anilines is 1. The van der Waals surface area contributed by atoms with Crippen LogP contribution in [0.25, 0.3) is 0 Å². The van der Waals surface area contributed by atoms with Gasteiger partial charge in [0.05, 0.1) is 12.1 Å². The maximum Gasteiger partial charge on any atom is 0.241 e. The molecule has 1 aromatic carbocycles. The fourth-order valence-corrected chi connectivity index (χ4v) is 1.87. The molecular weight excluding hydrogens is 259 g/mol. The van der Waals surface area contributed by atoms with Crippen LogP contribution in [-0.4, -0.2) is 29.7 Å². The number of aliphatic hydroxyl groups excluding tert-OH is 1. The average molecular weight is 275 g/mol. The summed E-state index contributed by atoms with van der Waals surface area (Å²) in [6.07, 6.45) is -0.0976. The summed E-state index contributed by atoms with van der Waals surface area (Å²) in [5.74, 6) is -0.624. The predicted octanol–water partition coefficient (Wildman–Crippen LogP) is 1.22. The minimum Gasteiger partial charge on any atom is -0.392 e. The SMILES string of the molecule is Cc1ccc(F)cc1NC(=O)C1CC(O)CN1.Cl. The maximum atomic E-state index is 13.0. The highest BCUT2D eigenvalue weighted by atomic mass is 35.5. The zero-order valence-corrected chi connectivity index (χ0v) is 10.8. The number of hydrogen-bond acceptors (Lipinski definition) is 3. The predicted molar refractivity (Wildman–Crippen MR) is 69.4 cm³/mol. The van der Waals surface area contributed by atoms with Crippen LogP contribution < -0.4 is 10.6 Å². The van der Waals surface area contributed by atoms with Crippen LogP contribution >= 0.6 is 12.4 Å². The summed E-state index contributed by atoms with van der Waals surface area (Å²) < 4.78 is 13.0. The summed E-state index contributed by atoms with van der Waals surface area (Å²) in [6.45, 7) is 2.21. The van der Waals surface area contributed by atoms with Crippen molar-refractivity contribution in [3.63, 3.8) is 0 Å². The number of rotatable bonds is 2. The lowest BCUT2D eigenvalue weighted by Crippen LogP contribution is -2.35. The smallest absolute Gasteiger partial charge is 0.241 e. The second kappa shape index (κ2) is 6.13. The van der Waals surface area contributed by atoms with Crippen LogP contribution in [0.3, 0.4) is 0 Å². The standard InChI is InChI=1S/C12H15FN2O2.ClH/c1-7-2-3-8(13)4-10(7)15-12(17)11-5-9(16)6-14-11;/h2-4,9,11,14,16H,5-6H2,1H3,(H,15,17);1H. The Bertz CT molecular complexity index is 442. The van der Waals surface area contributed by atoms with Gasteiger partial charge in [0.2, 0.25) is 5.91 Å². The summed E-state index contributed by atoms with van der Waals surface area (Å²) in [4.78, 5) is 11.8. The minimum absolute atomic E-state index is 0. The van der Waals surface area contributed by atoms with E-state index in [0.717, 1.165) is 5.56 Å². The minimum atomic E-state index is -0.487. The van der Waals surface area contributed by atoms with Crippen LogP contribution in [0.1, 0.15) is 12.0 Å². The molecule has 0 spiro atoms. The highest BCUT2D eigenvalue weighted by Gasteiger charge is 2.28. The van der Waals surface area contributed by atoms with Crippen LogP contribution in [0, 0.1) is 12.7 Å². The summed E-state index contributed by atoms with van der Waals surface area (Å²) in [5.41, 5.74) is 1.27. The van der Waals surface area contributed by atoms with Gasteiger partial charge >= 0.3 is 0 Å². The number of carbonyl (C=O) groups excluding carboxylic acids is 1. The van der Waals surface area contributed by atoms with Gasteiger partial charge in [0, 0.05) is 12.2 Å². The molecule has 1 saturated heterocycles. The van der Waals surface area contributed by atoms with E-state index in [1.165, 1.54) is 12.1 Å². The van der Waals surface area contributed by atoms with Crippen molar-refractivity contribution in [2.75, 3.05) is 11.9 Å². The maximum absolute atomic E-state index is 13.0. The van der Waals surface area contributed by atoms with Gasteiger partial charge in [-0.2, -0.15) is 0 Å². The van der Waals surface area contributed by atoms with Gasteiger partial charge in [0.1, 0.15) is 5.82 Å². The number of carbonyl (C=O) groups is 1. The van der Waals surface area contributed by atoms with Crippen molar-refractivity contribution in [1.29, 1.82) is 0 Å². The molecule has 18 heavy (non-hydrogen) atoms. The van der Waals surface area contributed by atoms with E-state index < -0.39 is 12.1 Å². The zero-order valence-electron chi connectivity index (χ0n) is 9.94. The molecule has 0 bridgehead atoms. The molecule has 0 aliphatic carbocycles. The van der Waals surface area contributed by atoms with Gasteiger partial charge < -0.3 is 15.7 Å². The Balaban J connectivity index is 0.00000162. The normalized spacial score (nSPS) is 22.4. The Morgan fingerprint density at radius 3 is 2.89 bits per heavy atom. The number of nitrogens with one attached hydrogen (secondary N) is 2. The molecule has 1 fully saturated rings. The number of amides is 1. The average Bonchev–Trinajstić information content (AvgIpc) is 2.70. The molecule has 1 aromatic rings. The number of halogens is 2. The highest BCUT2D eigenvalue weighted by molar-refractivity contribution is 5.95. The lowest BCUT2D eigenvalue weighted by molar-refractivity contribution is -0.117. The van der Waals surface area contributed by atoms with E-state index in [-0.39, 0.29) is 24.1 Å². The first-order valence-corrected chi connectivity index (χ1v) is 5.54. The van der Waals surface area contributed by atoms with E-state index in [2.05, 4.69) is 10.6 Å². The number of aryl methyl sites for hydroxylation is 1. The molecule has 0 radical (unpaired) electrons. The van der Waals surface area contributed by atoms with E-state index in [4.69, 9.17) is 0 Å². The monoisotopic (exact) mass is 274 g/mol. The van der Waals surface area contributed by atoms with Crippen LogP contribution in [0.15, 0.2) is 18.2 Å². The lowest BCUT2D eigenvalue weighted by Gasteiger charge is -2.12. The van der Waals surface area contributed by atoms with Gasteiger partial charge in [-0.15, -0.1) is 12.4 Å². The molecule has 1 aliphatic rings. The third-order valence-corrected chi connectivity index (χ3v) is 2.88. The van der Waals surface area contributed by atoms with Gasteiger partial charge in [-0.1, -0.05) is 6.07 Å². The van der Waals surface area contributed by atoms with Gasteiger partial charge in [-0.25, -0.2) is 4.39 Å². The van der Waals surface area contributed by atoms with Gasteiger partial charge in [0.25, 0.3) is 0 Å². The van der Waals surface area contributed by atoms with E-state index in [0.29, 0.717) is 18.7 Å².